The van der Waals surface area contributed by atoms with E-state index in [0.717, 1.165) is 25.2 Å². The molecule has 1 saturated heterocycles. The molecule has 23 heavy (non-hydrogen) atoms. The van der Waals surface area contributed by atoms with Crippen LogP contribution >= 0.6 is 0 Å². The normalized spacial score (nSPS) is 18.7. The fraction of sp³-hybridized carbons (Fsp3) is 0.556. The molecular formula is C18H27N3O2. The van der Waals surface area contributed by atoms with Gasteiger partial charge in [-0.3, -0.25) is 14.5 Å². The second kappa shape index (κ2) is 8.11. The standard InChI is InChI=1S/C18H27N3O2/c1-4-20(5-2)18(23)14-19-11-12-21(15(3)22)17(13-19)16-9-7-6-8-10-16/h6-10,17H,4-5,11-14H2,1-3H3/t17-/m1/s1. The van der Waals surface area contributed by atoms with Gasteiger partial charge in [-0.1, -0.05) is 30.3 Å². The van der Waals surface area contributed by atoms with Gasteiger partial charge in [0.05, 0.1) is 12.6 Å². The number of rotatable bonds is 5. The lowest BCUT2D eigenvalue weighted by molar-refractivity contribution is -0.136. The molecule has 2 rings (SSSR count). The van der Waals surface area contributed by atoms with Crippen LogP contribution < -0.4 is 0 Å². The molecule has 1 fully saturated rings. The highest BCUT2D eigenvalue weighted by Crippen LogP contribution is 2.25. The zero-order valence-electron chi connectivity index (χ0n) is 14.4. The Kier molecular flexibility index (Phi) is 6.16. The summed E-state index contributed by atoms with van der Waals surface area (Å²) in [6.07, 6.45) is 0. The van der Waals surface area contributed by atoms with Crippen LogP contribution in [0.2, 0.25) is 0 Å². The number of hydrogen-bond donors (Lipinski definition) is 0. The number of piperazine rings is 1. The lowest BCUT2D eigenvalue weighted by Gasteiger charge is -2.41. The van der Waals surface area contributed by atoms with Gasteiger partial charge < -0.3 is 9.80 Å². The largest absolute Gasteiger partial charge is 0.342 e. The predicted octanol–water partition coefficient (Wildman–Crippen LogP) is 1.76. The van der Waals surface area contributed by atoms with Gasteiger partial charge in [-0.15, -0.1) is 0 Å². The maximum absolute atomic E-state index is 12.3. The zero-order valence-corrected chi connectivity index (χ0v) is 14.4. The third-order valence-electron chi connectivity index (χ3n) is 4.53. The highest BCUT2D eigenvalue weighted by atomic mass is 16.2. The van der Waals surface area contributed by atoms with Gasteiger partial charge in [-0.25, -0.2) is 0 Å². The highest BCUT2D eigenvalue weighted by molar-refractivity contribution is 5.78. The summed E-state index contributed by atoms with van der Waals surface area (Å²) in [6.45, 7) is 9.65. The molecule has 0 unspecified atom stereocenters. The molecule has 0 saturated carbocycles. The second-order valence-corrected chi connectivity index (χ2v) is 5.94. The molecule has 0 bridgehead atoms. The third-order valence-corrected chi connectivity index (χ3v) is 4.53. The number of carbonyl (C=O) groups excluding carboxylic acids is 2. The minimum atomic E-state index is 0.0203. The van der Waals surface area contributed by atoms with E-state index < -0.39 is 0 Å². The van der Waals surface area contributed by atoms with Crippen LogP contribution in [0.1, 0.15) is 32.4 Å². The van der Waals surface area contributed by atoms with Crippen molar-refractivity contribution in [3.63, 3.8) is 0 Å². The maximum Gasteiger partial charge on any atom is 0.236 e. The first-order chi connectivity index (χ1) is 11.1. The van der Waals surface area contributed by atoms with Crippen molar-refractivity contribution in [1.29, 1.82) is 0 Å². The van der Waals surface area contributed by atoms with Crippen molar-refractivity contribution < 1.29 is 9.59 Å². The van der Waals surface area contributed by atoms with Crippen molar-refractivity contribution in [2.45, 2.75) is 26.8 Å². The van der Waals surface area contributed by atoms with Crippen LogP contribution in [0.15, 0.2) is 30.3 Å². The van der Waals surface area contributed by atoms with E-state index in [1.54, 1.807) is 6.92 Å². The molecule has 0 spiro atoms. The molecule has 0 aromatic heterocycles. The van der Waals surface area contributed by atoms with E-state index >= 15 is 0 Å². The summed E-state index contributed by atoms with van der Waals surface area (Å²) in [6, 6.07) is 10.1. The van der Waals surface area contributed by atoms with Gasteiger partial charge in [0.2, 0.25) is 11.8 Å². The van der Waals surface area contributed by atoms with Gasteiger partial charge in [0, 0.05) is 39.6 Å². The Morgan fingerprint density at radius 1 is 1.13 bits per heavy atom. The molecule has 1 aromatic carbocycles. The first kappa shape index (κ1) is 17.5. The van der Waals surface area contributed by atoms with Crippen LogP contribution in [0.4, 0.5) is 0 Å². The Labute approximate surface area is 138 Å². The van der Waals surface area contributed by atoms with Crippen LogP contribution in [0, 0.1) is 0 Å². The van der Waals surface area contributed by atoms with Gasteiger partial charge in [0.1, 0.15) is 0 Å². The molecule has 1 atom stereocenters. The third kappa shape index (κ3) is 4.32. The van der Waals surface area contributed by atoms with Gasteiger partial charge in [-0.2, -0.15) is 0 Å². The molecule has 1 aliphatic heterocycles. The van der Waals surface area contributed by atoms with Crippen LogP contribution in [-0.4, -0.2) is 65.8 Å². The van der Waals surface area contributed by atoms with Gasteiger partial charge >= 0.3 is 0 Å². The van der Waals surface area contributed by atoms with E-state index in [9.17, 15) is 9.59 Å². The zero-order chi connectivity index (χ0) is 16.8. The summed E-state index contributed by atoms with van der Waals surface area (Å²) in [5.74, 6) is 0.256. The van der Waals surface area contributed by atoms with Gasteiger partial charge in [0.25, 0.3) is 0 Å². The minimum absolute atomic E-state index is 0.0203. The number of amides is 2. The Hall–Kier alpha value is -1.88. The molecule has 0 radical (unpaired) electrons. The van der Waals surface area contributed by atoms with Crippen LogP contribution in [0.3, 0.4) is 0 Å². The number of likely N-dealkylation sites (N-methyl/N-ethyl adjacent to an activating group) is 1. The summed E-state index contributed by atoms with van der Waals surface area (Å²) >= 11 is 0. The quantitative estimate of drug-likeness (QED) is 0.831. The van der Waals surface area contributed by atoms with Crippen molar-refractivity contribution in [3.8, 4) is 0 Å². The molecule has 1 aromatic rings. The van der Waals surface area contributed by atoms with Crippen molar-refractivity contribution in [3.05, 3.63) is 35.9 Å². The Morgan fingerprint density at radius 2 is 1.78 bits per heavy atom. The van der Waals surface area contributed by atoms with Crippen LogP contribution in [0.25, 0.3) is 0 Å². The van der Waals surface area contributed by atoms with Gasteiger partial charge in [-0.05, 0) is 19.4 Å². The monoisotopic (exact) mass is 317 g/mol. The van der Waals surface area contributed by atoms with E-state index in [-0.39, 0.29) is 17.9 Å². The average molecular weight is 317 g/mol. The van der Waals surface area contributed by atoms with Crippen LogP contribution in [0.5, 0.6) is 0 Å². The first-order valence-corrected chi connectivity index (χ1v) is 8.39. The SMILES string of the molecule is CCN(CC)C(=O)CN1CCN(C(C)=O)[C@@H](c2ccccc2)C1. The van der Waals surface area contributed by atoms with E-state index in [1.165, 1.54) is 0 Å². The molecule has 0 aliphatic carbocycles. The molecule has 5 nitrogen and oxygen atoms in total. The minimum Gasteiger partial charge on any atom is -0.342 e. The lowest BCUT2D eigenvalue weighted by atomic mass is 10.0. The number of carbonyl (C=O) groups is 2. The smallest absolute Gasteiger partial charge is 0.236 e. The molecule has 126 valence electrons. The van der Waals surface area contributed by atoms with E-state index in [2.05, 4.69) is 17.0 Å². The second-order valence-electron chi connectivity index (χ2n) is 5.94. The summed E-state index contributed by atoms with van der Waals surface area (Å²) in [5, 5.41) is 0. The summed E-state index contributed by atoms with van der Waals surface area (Å²) < 4.78 is 0. The number of nitrogens with zero attached hydrogens (tertiary/aromatic N) is 3. The fourth-order valence-corrected chi connectivity index (χ4v) is 3.19. The molecule has 5 heteroatoms. The topological polar surface area (TPSA) is 43.9 Å². The fourth-order valence-electron chi connectivity index (χ4n) is 3.19. The molecule has 0 N–H and O–H groups in total. The molecule has 1 heterocycles. The van der Waals surface area contributed by atoms with E-state index in [1.807, 2.05) is 41.8 Å². The van der Waals surface area contributed by atoms with Crippen molar-refractivity contribution >= 4 is 11.8 Å². The van der Waals surface area contributed by atoms with Crippen LogP contribution in [-0.2, 0) is 9.59 Å². The Bertz CT molecular complexity index is 528. The average Bonchev–Trinajstić information content (AvgIpc) is 2.56. The predicted molar refractivity (Wildman–Crippen MR) is 90.9 cm³/mol. The Balaban J connectivity index is 2.09. The molecule has 1 aliphatic rings. The lowest BCUT2D eigenvalue weighted by Crippen LogP contribution is -2.52. The van der Waals surface area contributed by atoms with E-state index in [0.29, 0.717) is 19.6 Å². The molecule has 2 amide bonds. The molecular weight excluding hydrogens is 290 g/mol. The van der Waals surface area contributed by atoms with Crippen molar-refractivity contribution in [1.82, 2.24) is 14.7 Å². The Morgan fingerprint density at radius 3 is 2.35 bits per heavy atom. The maximum atomic E-state index is 12.3. The van der Waals surface area contributed by atoms with Crippen molar-refractivity contribution in [2.24, 2.45) is 0 Å². The summed E-state index contributed by atoms with van der Waals surface area (Å²) in [7, 11) is 0. The highest BCUT2D eigenvalue weighted by Gasteiger charge is 2.30. The summed E-state index contributed by atoms with van der Waals surface area (Å²) in [5.41, 5.74) is 1.13. The van der Waals surface area contributed by atoms with Crippen molar-refractivity contribution in [2.75, 3.05) is 39.3 Å². The van der Waals surface area contributed by atoms with Gasteiger partial charge in [0.15, 0.2) is 0 Å². The first-order valence-electron chi connectivity index (χ1n) is 8.39. The van der Waals surface area contributed by atoms with E-state index in [4.69, 9.17) is 0 Å². The number of hydrogen-bond acceptors (Lipinski definition) is 3. The summed E-state index contributed by atoms with van der Waals surface area (Å²) in [4.78, 5) is 30.2. The number of benzene rings is 1.